The molecule has 1 aromatic carbocycles. The Hall–Kier alpha value is -2.64. The number of ether oxygens (including phenoxy) is 1. The molecule has 0 bridgehead atoms. The number of nitrogens with zero attached hydrogens (tertiary/aromatic N) is 4. The van der Waals surface area contributed by atoms with Gasteiger partial charge in [-0.2, -0.15) is 8.78 Å². The third kappa shape index (κ3) is 4.43. The van der Waals surface area contributed by atoms with E-state index in [-0.39, 0.29) is 12.4 Å². The number of guanidine groups is 1. The summed E-state index contributed by atoms with van der Waals surface area (Å²) in [4.78, 5) is 10.0. The van der Waals surface area contributed by atoms with Crippen molar-refractivity contribution in [1.82, 2.24) is 19.8 Å². The summed E-state index contributed by atoms with van der Waals surface area (Å²) in [5, 5.41) is 3.04. The van der Waals surface area contributed by atoms with Crippen LogP contribution in [0.3, 0.4) is 0 Å². The molecule has 0 aliphatic rings. The van der Waals surface area contributed by atoms with Crippen molar-refractivity contribution >= 4 is 5.96 Å². The predicted octanol–water partition coefficient (Wildman–Crippen LogP) is 2.49. The van der Waals surface area contributed by atoms with Gasteiger partial charge in [0.25, 0.3) is 0 Å². The lowest BCUT2D eigenvalue weighted by Gasteiger charge is -2.22. The van der Waals surface area contributed by atoms with E-state index in [0.717, 1.165) is 15.9 Å². The molecule has 130 valence electrons. The summed E-state index contributed by atoms with van der Waals surface area (Å²) in [7, 11) is 5.14. The molecule has 1 aromatic heterocycles. The van der Waals surface area contributed by atoms with E-state index in [1.165, 1.54) is 12.4 Å². The van der Waals surface area contributed by atoms with Gasteiger partial charge in [-0.3, -0.25) is 9.56 Å². The summed E-state index contributed by atoms with van der Waals surface area (Å²) < 4.78 is 31.6. The van der Waals surface area contributed by atoms with Crippen molar-refractivity contribution in [3.8, 4) is 5.75 Å². The third-order valence-corrected chi connectivity index (χ3v) is 3.52. The molecule has 24 heavy (non-hydrogen) atoms. The van der Waals surface area contributed by atoms with Crippen LogP contribution in [0.15, 0.2) is 41.7 Å². The van der Waals surface area contributed by atoms with Crippen molar-refractivity contribution in [2.45, 2.75) is 19.6 Å². The Labute approximate surface area is 139 Å². The minimum absolute atomic E-state index is 0.164. The molecule has 0 spiro atoms. The monoisotopic (exact) mass is 337 g/mol. The van der Waals surface area contributed by atoms with Gasteiger partial charge in [0.1, 0.15) is 11.6 Å². The summed E-state index contributed by atoms with van der Waals surface area (Å²) in [5.74, 6) is 1.64. The second-order valence-electron chi connectivity index (χ2n) is 5.13. The van der Waals surface area contributed by atoms with Gasteiger partial charge in [-0.25, -0.2) is 4.98 Å². The topological polar surface area (TPSA) is 54.7 Å². The van der Waals surface area contributed by atoms with Crippen LogP contribution in [0.25, 0.3) is 0 Å². The highest BCUT2D eigenvalue weighted by atomic mass is 19.3. The highest BCUT2D eigenvalue weighted by molar-refractivity contribution is 5.79. The number of rotatable bonds is 6. The molecule has 0 fully saturated rings. The van der Waals surface area contributed by atoms with Crippen molar-refractivity contribution in [2.24, 2.45) is 4.99 Å². The first-order valence-corrected chi connectivity index (χ1v) is 7.39. The summed E-state index contributed by atoms with van der Waals surface area (Å²) in [6, 6.07) is 7.70. The van der Waals surface area contributed by atoms with Crippen molar-refractivity contribution in [1.29, 1.82) is 0 Å². The number of methoxy groups -OCH3 is 1. The zero-order chi connectivity index (χ0) is 17.5. The molecule has 0 aliphatic carbocycles. The van der Waals surface area contributed by atoms with E-state index in [1.807, 2.05) is 36.2 Å². The van der Waals surface area contributed by atoms with Gasteiger partial charge in [0.15, 0.2) is 5.96 Å². The smallest absolute Gasteiger partial charge is 0.319 e. The maximum atomic E-state index is 12.8. The van der Waals surface area contributed by atoms with Crippen molar-refractivity contribution < 1.29 is 13.5 Å². The fourth-order valence-electron chi connectivity index (χ4n) is 2.28. The standard InChI is InChI=1S/C16H21F2N5O/c1-19-16(21-10-14-20-8-9-23(14)15(17)18)22(2)11-12-4-6-13(24-3)7-5-12/h4-9,15H,10-11H2,1-3H3,(H,19,21). The van der Waals surface area contributed by atoms with E-state index in [4.69, 9.17) is 4.74 Å². The lowest BCUT2D eigenvalue weighted by Crippen LogP contribution is -2.38. The maximum absolute atomic E-state index is 12.8. The number of hydrogen-bond acceptors (Lipinski definition) is 3. The number of nitrogens with one attached hydrogen (secondary N) is 1. The van der Waals surface area contributed by atoms with Gasteiger partial charge in [0.2, 0.25) is 0 Å². The average Bonchev–Trinajstić information content (AvgIpc) is 3.05. The van der Waals surface area contributed by atoms with Gasteiger partial charge >= 0.3 is 6.55 Å². The molecule has 0 radical (unpaired) electrons. The molecule has 8 heteroatoms. The Morgan fingerprint density at radius 1 is 1.38 bits per heavy atom. The molecule has 6 nitrogen and oxygen atoms in total. The second-order valence-corrected chi connectivity index (χ2v) is 5.13. The van der Waals surface area contributed by atoms with Crippen molar-refractivity contribution in [3.63, 3.8) is 0 Å². The number of hydrogen-bond donors (Lipinski definition) is 1. The Balaban J connectivity index is 1.96. The first-order chi connectivity index (χ1) is 11.5. The highest BCUT2D eigenvalue weighted by Crippen LogP contribution is 2.13. The van der Waals surface area contributed by atoms with E-state index >= 15 is 0 Å². The minimum atomic E-state index is -2.61. The van der Waals surface area contributed by atoms with Gasteiger partial charge < -0.3 is 15.0 Å². The minimum Gasteiger partial charge on any atom is -0.497 e. The largest absolute Gasteiger partial charge is 0.497 e. The van der Waals surface area contributed by atoms with Crippen molar-refractivity contribution in [2.75, 3.05) is 21.2 Å². The van der Waals surface area contributed by atoms with Crippen LogP contribution >= 0.6 is 0 Å². The number of aromatic nitrogens is 2. The molecular weight excluding hydrogens is 316 g/mol. The fraction of sp³-hybridized carbons (Fsp3) is 0.375. The van der Waals surface area contributed by atoms with E-state index in [9.17, 15) is 8.78 Å². The van der Waals surface area contributed by atoms with E-state index in [0.29, 0.717) is 12.5 Å². The molecule has 0 amide bonds. The van der Waals surface area contributed by atoms with Crippen molar-refractivity contribution in [3.05, 3.63) is 48.0 Å². The molecule has 0 saturated carbocycles. The molecule has 0 atom stereocenters. The average molecular weight is 337 g/mol. The van der Waals surface area contributed by atoms with E-state index < -0.39 is 6.55 Å². The zero-order valence-corrected chi connectivity index (χ0v) is 13.9. The van der Waals surface area contributed by atoms with Crippen LogP contribution < -0.4 is 10.1 Å². The molecule has 2 aromatic rings. The molecule has 0 unspecified atom stereocenters. The second kappa shape index (κ2) is 8.28. The lowest BCUT2D eigenvalue weighted by molar-refractivity contribution is 0.0668. The Morgan fingerprint density at radius 2 is 2.08 bits per heavy atom. The molecule has 2 rings (SSSR count). The quantitative estimate of drug-likeness (QED) is 0.650. The van der Waals surface area contributed by atoms with Crippen LogP contribution in [0.1, 0.15) is 17.9 Å². The zero-order valence-electron chi connectivity index (χ0n) is 13.9. The van der Waals surface area contributed by atoms with Gasteiger partial charge in [0.05, 0.1) is 13.7 Å². The number of aliphatic imine (C=N–C) groups is 1. The third-order valence-electron chi connectivity index (χ3n) is 3.52. The maximum Gasteiger partial charge on any atom is 0.319 e. The number of halogens is 2. The Morgan fingerprint density at radius 3 is 2.67 bits per heavy atom. The Bertz CT molecular complexity index is 669. The number of benzene rings is 1. The van der Waals surface area contributed by atoms with E-state index in [1.54, 1.807) is 14.2 Å². The summed E-state index contributed by atoms with van der Waals surface area (Å²) >= 11 is 0. The fourth-order valence-corrected chi connectivity index (χ4v) is 2.28. The van der Waals surface area contributed by atoms with Crippen LogP contribution in [0.2, 0.25) is 0 Å². The summed E-state index contributed by atoms with van der Waals surface area (Å²) in [5.41, 5.74) is 1.08. The SMILES string of the molecule is CN=C(NCc1nccn1C(F)F)N(C)Cc1ccc(OC)cc1. The first kappa shape index (κ1) is 17.7. The van der Waals surface area contributed by atoms with Gasteiger partial charge in [-0.15, -0.1) is 0 Å². The normalized spacial score (nSPS) is 11.7. The van der Waals surface area contributed by atoms with Crippen LogP contribution in [0.4, 0.5) is 8.78 Å². The molecule has 0 aliphatic heterocycles. The lowest BCUT2D eigenvalue weighted by atomic mass is 10.2. The van der Waals surface area contributed by atoms with E-state index in [2.05, 4.69) is 15.3 Å². The highest BCUT2D eigenvalue weighted by Gasteiger charge is 2.13. The molecular formula is C16H21F2N5O. The molecule has 0 saturated heterocycles. The van der Waals surface area contributed by atoms with Gasteiger partial charge in [0, 0.05) is 33.0 Å². The molecule has 1 heterocycles. The van der Waals surface area contributed by atoms with Crippen LogP contribution in [-0.2, 0) is 13.1 Å². The van der Waals surface area contributed by atoms with Crippen LogP contribution in [-0.4, -0.2) is 41.6 Å². The predicted molar refractivity (Wildman–Crippen MR) is 88.1 cm³/mol. The summed E-state index contributed by atoms with van der Waals surface area (Å²) in [6.07, 6.45) is 2.61. The van der Waals surface area contributed by atoms with Gasteiger partial charge in [-0.1, -0.05) is 12.1 Å². The number of alkyl halides is 2. The molecule has 1 N–H and O–H groups in total. The van der Waals surface area contributed by atoms with Crippen LogP contribution in [0, 0.1) is 0 Å². The first-order valence-electron chi connectivity index (χ1n) is 7.39. The number of imidazole rings is 1. The van der Waals surface area contributed by atoms with Gasteiger partial charge in [-0.05, 0) is 17.7 Å². The van der Waals surface area contributed by atoms with Crippen LogP contribution in [0.5, 0.6) is 5.75 Å². The summed E-state index contributed by atoms with van der Waals surface area (Å²) in [6.45, 7) is -1.83. The Kier molecular flexibility index (Phi) is 6.11.